The van der Waals surface area contributed by atoms with Gasteiger partial charge in [0.05, 0.1) is 5.69 Å². The molecule has 0 aliphatic heterocycles. The Hall–Kier alpha value is -1.47. The van der Waals surface area contributed by atoms with E-state index in [2.05, 4.69) is 21.2 Å². The number of rotatable bonds is 4. The van der Waals surface area contributed by atoms with E-state index < -0.39 is 17.6 Å². The van der Waals surface area contributed by atoms with Crippen molar-refractivity contribution in [2.24, 2.45) is 0 Å². The second kappa shape index (κ2) is 5.88. The maximum atomic E-state index is 13.6. The molecular formula is C13H10BrF2NO2S. The SMILES string of the molecule is Cc1sc(C(=O)O)cc1CNc1c(F)cc(F)cc1Br. The minimum Gasteiger partial charge on any atom is -0.477 e. The molecule has 0 fully saturated rings. The van der Waals surface area contributed by atoms with Crippen molar-refractivity contribution in [1.82, 2.24) is 0 Å². The minimum absolute atomic E-state index is 0.147. The van der Waals surface area contributed by atoms with Gasteiger partial charge in [-0.05, 0) is 40.5 Å². The summed E-state index contributed by atoms with van der Waals surface area (Å²) in [4.78, 5) is 11.9. The number of carboxylic acids is 1. The molecule has 2 rings (SSSR count). The summed E-state index contributed by atoms with van der Waals surface area (Å²) in [6.45, 7) is 2.06. The van der Waals surface area contributed by atoms with E-state index in [0.29, 0.717) is 0 Å². The highest BCUT2D eigenvalue weighted by atomic mass is 79.9. The molecule has 0 atom stereocenters. The second-order valence-electron chi connectivity index (χ2n) is 4.10. The maximum absolute atomic E-state index is 13.6. The number of halogens is 3. The molecule has 2 N–H and O–H groups in total. The van der Waals surface area contributed by atoms with Crippen LogP contribution in [0.5, 0.6) is 0 Å². The van der Waals surface area contributed by atoms with Crippen LogP contribution in [0.3, 0.4) is 0 Å². The number of nitrogens with one attached hydrogen (secondary N) is 1. The summed E-state index contributed by atoms with van der Waals surface area (Å²) in [5.74, 6) is -2.36. The monoisotopic (exact) mass is 361 g/mol. The lowest BCUT2D eigenvalue weighted by atomic mass is 10.2. The van der Waals surface area contributed by atoms with Crippen LogP contribution in [-0.4, -0.2) is 11.1 Å². The quantitative estimate of drug-likeness (QED) is 0.847. The number of hydrogen-bond acceptors (Lipinski definition) is 3. The predicted molar refractivity (Wildman–Crippen MR) is 77.4 cm³/mol. The van der Waals surface area contributed by atoms with Crippen molar-refractivity contribution in [2.75, 3.05) is 5.32 Å². The molecule has 1 aromatic carbocycles. The number of aromatic carboxylic acids is 1. The lowest BCUT2D eigenvalue weighted by molar-refractivity contribution is 0.0702. The van der Waals surface area contributed by atoms with E-state index in [0.717, 1.165) is 33.9 Å². The molecule has 0 amide bonds. The van der Waals surface area contributed by atoms with Crippen molar-refractivity contribution in [3.05, 3.63) is 49.6 Å². The fourth-order valence-electron chi connectivity index (χ4n) is 1.70. The average Bonchev–Trinajstić information content (AvgIpc) is 2.70. The van der Waals surface area contributed by atoms with Gasteiger partial charge in [0.25, 0.3) is 0 Å². The highest BCUT2D eigenvalue weighted by Gasteiger charge is 2.13. The molecule has 0 spiro atoms. The molecule has 106 valence electrons. The van der Waals surface area contributed by atoms with E-state index in [1.54, 1.807) is 13.0 Å². The number of carbonyl (C=O) groups is 1. The Balaban J connectivity index is 2.19. The minimum atomic E-state index is -0.988. The number of thiophene rings is 1. The smallest absolute Gasteiger partial charge is 0.345 e. The van der Waals surface area contributed by atoms with Crippen LogP contribution >= 0.6 is 27.3 Å². The van der Waals surface area contributed by atoms with Crippen LogP contribution in [-0.2, 0) is 6.54 Å². The van der Waals surface area contributed by atoms with Gasteiger partial charge in [-0.25, -0.2) is 13.6 Å². The lowest BCUT2D eigenvalue weighted by Gasteiger charge is -2.09. The average molecular weight is 362 g/mol. The first kappa shape index (κ1) is 14.9. The van der Waals surface area contributed by atoms with Gasteiger partial charge in [0.1, 0.15) is 16.5 Å². The molecule has 1 heterocycles. The van der Waals surface area contributed by atoms with Crippen molar-refractivity contribution in [3.8, 4) is 0 Å². The molecule has 0 aliphatic carbocycles. The molecule has 20 heavy (non-hydrogen) atoms. The Labute approximate surface area is 126 Å². The number of benzene rings is 1. The summed E-state index contributed by atoms with van der Waals surface area (Å²) in [6.07, 6.45) is 0. The number of carboxylic acid groups (broad SMARTS) is 1. The van der Waals surface area contributed by atoms with Gasteiger partial charge in [0.2, 0.25) is 0 Å². The zero-order valence-corrected chi connectivity index (χ0v) is 12.7. The van der Waals surface area contributed by atoms with Gasteiger partial charge < -0.3 is 10.4 Å². The molecule has 3 nitrogen and oxygen atoms in total. The summed E-state index contributed by atoms with van der Waals surface area (Å²) >= 11 is 4.25. The van der Waals surface area contributed by atoms with E-state index in [1.165, 1.54) is 0 Å². The number of aryl methyl sites for hydroxylation is 1. The second-order valence-corrected chi connectivity index (χ2v) is 6.21. The zero-order chi connectivity index (χ0) is 14.9. The summed E-state index contributed by atoms with van der Waals surface area (Å²) < 4.78 is 26.9. The molecule has 2 aromatic rings. The normalized spacial score (nSPS) is 10.6. The first-order chi connectivity index (χ1) is 9.38. The first-order valence-electron chi connectivity index (χ1n) is 5.59. The fourth-order valence-corrected chi connectivity index (χ4v) is 3.12. The van der Waals surface area contributed by atoms with E-state index in [1.807, 2.05) is 0 Å². The number of hydrogen-bond donors (Lipinski definition) is 2. The van der Waals surface area contributed by atoms with Crippen LogP contribution < -0.4 is 5.32 Å². The predicted octanol–water partition coefficient (Wildman–Crippen LogP) is 4.41. The van der Waals surface area contributed by atoms with E-state index >= 15 is 0 Å². The molecule has 1 aromatic heterocycles. The third kappa shape index (κ3) is 3.16. The first-order valence-corrected chi connectivity index (χ1v) is 7.20. The molecule has 0 radical (unpaired) electrons. The summed E-state index contributed by atoms with van der Waals surface area (Å²) in [6, 6.07) is 3.50. The van der Waals surface area contributed by atoms with Crippen molar-refractivity contribution in [1.29, 1.82) is 0 Å². The van der Waals surface area contributed by atoms with Gasteiger partial charge in [0, 0.05) is 22.0 Å². The van der Waals surface area contributed by atoms with Crippen LogP contribution in [0.4, 0.5) is 14.5 Å². The fraction of sp³-hybridized carbons (Fsp3) is 0.154. The van der Waals surface area contributed by atoms with Gasteiger partial charge in [0.15, 0.2) is 0 Å². The Morgan fingerprint density at radius 2 is 2.10 bits per heavy atom. The standard InChI is InChI=1S/C13H10BrF2NO2S/c1-6-7(2-11(20-6)13(18)19)5-17-12-9(14)3-8(15)4-10(12)16/h2-4,17H,5H2,1H3,(H,18,19). The van der Waals surface area contributed by atoms with E-state index in [-0.39, 0.29) is 21.6 Å². The Kier molecular flexibility index (Phi) is 4.39. The number of anilines is 1. The van der Waals surface area contributed by atoms with Crippen molar-refractivity contribution >= 4 is 38.9 Å². The Morgan fingerprint density at radius 1 is 1.40 bits per heavy atom. The molecule has 0 bridgehead atoms. The Bertz CT molecular complexity index is 649. The van der Waals surface area contributed by atoms with Crippen LogP contribution in [0.2, 0.25) is 0 Å². The molecule has 0 saturated carbocycles. The van der Waals surface area contributed by atoms with Crippen LogP contribution in [0.25, 0.3) is 0 Å². The highest BCUT2D eigenvalue weighted by Crippen LogP contribution is 2.28. The zero-order valence-electron chi connectivity index (χ0n) is 10.3. The molecule has 7 heteroatoms. The van der Waals surface area contributed by atoms with Gasteiger partial charge in [-0.2, -0.15) is 0 Å². The largest absolute Gasteiger partial charge is 0.477 e. The maximum Gasteiger partial charge on any atom is 0.345 e. The van der Waals surface area contributed by atoms with Gasteiger partial charge in [-0.1, -0.05) is 0 Å². The molecular weight excluding hydrogens is 352 g/mol. The third-order valence-electron chi connectivity index (χ3n) is 2.69. The van der Waals surface area contributed by atoms with Crippen molar-refractivity contribution in [2.45, 2.75) is 13.5 Å². The van der Waals surface area contributed by atoms with Gasteiger partial charge in [-0.15, -0.1) is 11.3 Å². The van der Waals surface area contributed by atoms with E-state index in [4.69, 9.17) is 5.11 Å². The van der Waals surface area contributed by atoms with Gasteiger partial charge >= 0.3 is 5.97 Å². The van der Waals surface area contributed by atoms with Crippen LogP contribution in [0, 0.1) is 18.6 Å². The topological polar surface area (TPSA) is 49.3 Å². The third-order valence-corrected chi connectivity index (χ3v) is 4.40. The van der Waals surface area contributed by atoms with E-state index in [9.17, 15) is 13.6 Å². The molecule has 0 unspecified atom stereocenters. The lowest BCUT2D eigenvalue weighted by Crippen LogP contribution is -2.03. The van der Waals surface area contributed by atoms with Crippen LogP contribution in [0.15, 0.2) is 22.7 Å². The summed E-state index contributed by atoms with van der Waals surface area (Å²) in [7, 11) is 0. The van der Waals surface area contributed by atoms with Crippen molar-refractivity contribution < 1.29 is 18.7 Å². The highest BCUT2D eigenvalue weighted by molar-refractivity contribution is 9.10. The summed E-state index contributed by atoms with van der Waals surface area (Å²) in [5.41, 5.74) is 0.914. The van der Waals surface area contributed by atoms with Crippen molar-refractivity contribution in [3.63, 3.8) is 0 Å². The van der Waals surface area contributed by atoms with Gasteiger partial charge in [-0.3, -0.25) is 0 Å². The summed E-state index contributed by atoms with van der Waals surface area (Å²) in [5, 5.41) is 11.8. The van der Waals surface area contributed by atoms with Crippen LogP contribution in [0.1, 0.15) is 20.1 Å². The Morgan fingerprint density at radius 3 is 2.65 bits per heavy atom. The molecule has 0 aliphatic rings. The molecule has 0 saturated heterocycles.